The maximum atomic E-state index is 12.1. The second kappa shape index (κ2) is 6.68. The van der Waals surface area contributed by atoms with E-state index in [-0.39, 0.29) is 6.42 Å². The fourth-order valence-electron chi connectivity index (χ4n) is 2.18. The van der Waals surface area contributed by atoms with Crippen molar-refractivity contribution < 1.29 is 22.7 Å². The van der Waals surface area contributed by atoms with Crippen molar-refractivity contribution in [2.75, 3.05) is 13.7 Å². The molecule has 0 fully saturated rings. The molecular formula is C16H16F3NO2. The molecule has 0 bridgehead atoms. The summed E-state index contributed by atoms with van der Waals surface area (Å²) < 4.78 is 41.3. The molecule has 0 aliphatic carbocycles. The van der Waals surface area contributed by atoms with Gasteiger partial charge in [-0.3, -0.25) is 4.79 Å². The third-order valence-corrected chi connectivity index (χ3v) is 3.26. The van der Waals surface area contributed by atoms with E-state index in [9.17, 15) is 18.0 Å². The predicted molar refractivity (Wildman–Crippen MR) is 77.9 cm³/mol. The summed E-state index contributed by atoms with van der Waals surface area (Å²) in [6.45, 7) is -0.406. The van der Waals surface area contributed by atoms with E-state index in [1.165, 1.54) is 0 Å². The Morgan fingerprint density at radius 1 is 1.23 bits per heavy atom. The number of halogens is 3. The monoisotopic (exact) mass is 311 g/mol. The standard InChI is InChI=1S/C16H16F3NO2/c1-22-13-6-5-11-3-2-4-12(14(11)10-13)9-15(21)20-8-7-16(17,18)19/h2-6,10H,7-9H2,1H3,(H,20,21). The van der Waals surface area contributed by atoms with Crippen molar-refractivity contribution in [2.24, 2.45) is 0 Å². The maximum Gasteiger partial charge on any atom is 0.390 e. The first kappa shape index (κ1) is 16.1. The second-order valence-electron chi connectivity index (χ2n) is 4.90. The van der Waals surface area contributed by atoms with Crippen molar-refractivity contribution in [3.05, 3.63) is 42.0 Å². The molecule has 0 atom stereocenters. The van der Waals surface area contributed by atoms with Gasteiger partial charge < -0.3 is 10.1 Å². The SMILES string of the molecule is COc1ccc2cccc(CC(=O)NCCC(F)(F)F)c2c1. The number of amides is 1. The quantitative estimate of drug-likeness (QED) is 0.918. The molecule has 0 aliphatic heterocycles. The number of carbonyl (C=O) groups is 1. The lowest BCUT2D eigenvalue weighted by molar-refractivity contribution is -0.135. The minimum atomic E-state index is -4.26. The topological polar surface area (TPSA) is 38.3 Å². The number of ether oxygens (including phenoxy) is 1. The molecule has 0 spiro atoms. The van der Waals surface area contributed by atoms with Crippen molar-refractivity contribution in [2.45, 2.75) is 19.0 Å². The first-order chi connectivity index (χ1) is 10.4. The Bertz CT molecular complexity index is 668. The summed E-state index contributed by atoms with van der Waals surface area (Å²) in [4.78, 5) is 11.8. The van der Waals surface area contributed by atoms with Gasteiger partial charge >= 0.3 is 6.18 Å². The lowest BCUT2D eigenvalue weighted by Crippen LogP contribution is -2.29. The van der Waals surface area contributed by atoms with Crippen LogP contribution in [0.4, 0.5) is 13.2 Å². The average Bonchev–Trinajstić information content (AvgIpc) is 2.45. The van der Waals surface area contributed by atoms with Gasteiger partial charge in [0, 0.05) is 6.54 Å². The summed E-state index contributed by atoms with van der Waals surface area (Å²) in [5.74, 6) is 0.233. The number of nitrogens with one attached hydrogen (secondary N) is 1. The van der Waals surface area contributed by atoms with Gasteiger partial charge in [0.1, 0.15) is 5.75 Å². The third-order valence-electron chi connectivity index (χ3n) is 3.26. The van der Waals surface area contributed by atoms with Crippen LogP contribution in [0.1, 0.15) is 12.0 Å². The van der Waals surface area contributed by atoms with E-state index < -0.39 is 25.0 Å². The highest BCUT2D eigenvalue weighted by Gasteiger charge is 2.26. The van der Waals surface area contributed by atoms with Gasteiger partial charge in [0.05, 0.1) is 20.0 Å². The Kier molecular flexibility index (Phi) is 4.90. The van der Waals surface area contributed by atoms with Gasteiger partial charge in [-0.2, -0.15) is 13.2 Å². The Morgan fingerprint density at radius 2 is 2.00 bits per heavy atom. The molecule has 22 heavy (non-hydrogen) atoms. The number of hydrogen-bond donors (Lipinski definition) is 1. The molecule has 0 saturated heterocycles. The van der Waals surface area contributed by atoms with Crippen LogP contribution in [-0.2, 0) is 11.2 Å². The molecule has 0 radical (unpaired) electrons. The van der Waals surface area contributed by atoms with Gasteiger partial charge in [-0.05, 0) is 28.5 Å². The smallest absolute Gasteiger partial charge is 0.390 e. The number of rotatable bonds is 5. The van der Waals surface area contributed by atoms with E-state index in [4.69, 9.17) is 4.74 Å². The minimum absolute atomic E-state index is 0.0301. The highest BCUT2D eigenvalue weighted by Crippen LogP contribution is 2.24. The Morgan fingerprint density at radius 3 is 2.68 bits per heavy atom. The van der Waals surface area contributed by atoms with Gasteiger partial charge in [0.25, 0.3) is 0 Å². The van der Waals surface area contributed by atoms with Crippen molar-refractivity contribution in [3.8, 4) is 5.75 Å². The maximum absolute atomic E-state index is 12.1. The summed E-state index contributed by atoms with van der Waals surface area (Å²) in [6.07, 6.45) is -5.26. The Labute approximate surface area is 126 Å². The van der Waals surface area contributed by atoms with Gasteiger partial charge in [-0.15, -0.1) is 0 Å². The van der Waals surface area contributed by atoms with Crippen LogP contribution in [0.3, 0.4) is 0 Å². The van der Waals surface area contributed by atoms with Crippen molar-refractivity contribution in [1.29, 1.82) is 0 Å². The molecule has 1 amide bonds. The normalized spacial score (nSPS) is 11.5. The Hall–Kier alpha value is -2.24. The number of fused-ring (bicyclic) bond motifs is 1. The lowest BCUT2D eigenvalue weighted by Gasteiger charge is -2.10. The van der Waals surface area contributed by atoms with Gasteiger partial charge in [0.2, 0.25) is 5.91 Å². The van der Waals surface area contributed by atoms with E-state index >= 15 is 0 Å². The largest absolute Gasteiger partial charge is 0.497 e. The van der Waals surface area contributed by atoms with Gasteiger partial charge in [-0.1, -0.05) is 24.3 Å². The van der Waals surface area contributed by atoms with Crippen molar-refractivity contribution >= 4 is 16.7 Å². The molecule has 6 heteroatoms. The van der Waals surface area contributed by atoms with Gasteiger partial charge in [-0.25, -0.2) is 0 Å². The van der Waals surface area contributed by atoms with Crippen molar-refractivity contribution in [3.63, 3.8) is 0 Å². The molecule has 2 aromatic rings. The zero-order chi connectivity index (χ0) is 16.2. The zero-order valence-corrected chi connectivity index (χ0v) is 12.0. The molecule has 2 rings (SSSR count). The summed E-state index contributed by atoms with van der Waals surface area (Å²) in [5, 5.41) is 4.09. The predicted octanol–water partition coefficient (Wildman–Crippen LogP) is 3.46. The molecule has 0 saturated carbocycles. The first-order valence-electron chi connectivity index (χ1n) is 6.78. The fraction of sp³-hybridized carbons (Fsp3) is 0.312. The molecule has 2 aromatic carbocycles. The molecule has 118 valence electrons. The van der Waals surface area contributed by atoms with E-state index in [0.717, 1.165) is 16.3 Å². The van der Waals surface area contributed by atoms with Crippen LogP contribution >= 0.6 is 0 Å². The number of hydrogen-bond acceptors (Lipinski definition) is 2. The summed E-state index contributed by atoms with van der Waals surface area (Å²) in [5.41, 5.74) is 0.751. The van der Waals surface area contributed by atoms with Crippen molar-refractivity contribution in [1.82, 2.24) is 5.32 Å². The third kappa shape index (κ3) is 4.38. The summed E-state index contributed by atoms with van der Waals surface area (Å²) >= 11 is 0. The van der Waals surface area contributed by atoms with Crippen LogP contribution in [0.15, 0.2) is 36.4 Å². The molecule has 0 aromatic heterocycles. The highest BCUT2D eigenvalue weighted by atomic mass is 19.4. The van der Waals surface area contributed by atoms with Crippen LogP contribution in [0.25, 0.3) is 10.8 Å². The molecule has 1 N–H and O–H groups in total. The molecule has 0 heterocycles. The van der Waals surface area contributed by atoms with Crippen LogP contribution in [0.5, 0.6) is 5.75 Å². The number of alkyl halides is 3. The average molecular weight is 311 g/mol. The van der Waals surface area contributed by atoms with E-state index in [0.29, 0.717) is 5.75 Å². The van der Waals surface area contributed by atoms with Crippen LogP contribution in [0.2, 0.25) is 0 Å². The van der Waals surface area contributed by atoms with Crippen LogP contribution in [-0.4, -0.2) is 25.7 Å². The van der Waals surface area contributed by atoms with Gasteiger partial charge in [0.15, 0.2) is 0 Å². The number of benzene rings is 2. The summed E-state index contributed by atoms with van der Waals surface area (Å²) in [6, 6.07) is 11.0. The van der Waals surface area contributed by atoms with E-state index in [2.05, 4.69) is 5.32 Å². The van der Waals surface area contributed by atoms with E-state index in [1.807, 2.05) is 30.3 Å². The van der Waals surface area contributed by atoms with E-state index in [1.54, 1.807) is 13.2 Å². The molecular weight excluding hydrogens is 295 g/mol. The zero-order valence-electron chi connectivity index (χ0n) is 12.0. The summed E-state index contributed by atoms with van der Waals surface area (Å²) in [7, 11) is 1.55. The lowest BCUT2D eigenvalue weighted by atomic mass is 10.0. The van der Waals surface area contributed by atoms with Crippen LogP contribution < -0.4 is 10.1 Å². The molecule has 0 unspecified atom stereocenters. The highest BCUT2D eigenvalue weighted by molar-refractivity contribution is 5.91. The Balaban J connectivity index is 2.09. The minimum Gasteiger partial charge on any atom is -0.497 e. The molecule has 0 aliphatic rings. The van der Waals surface area contributed by atoms with Crippen LogP contribution in [0, 0.1) is 0 Å². The fourth-order valence-corrected chi connectivity index (χ4v) is 2.18. The first-order valence-corrected chi connectivity index (χ1v) is 6.78. The molecule has 3 nitrogen and oxygen atoms in total. The number of methoxy groups -OCH3 is 1. The number of carbonyl (C=O) groups excluding carboxylic acids is 1. The second-order valence-corrected chi connectivity index (χ2v) is 4.90.